The van der Waals surface area contributed by atoms with Crippen LogP contribution in [-0.2, 0) is 7.05 Å². The lowest BCUT2D eigenvalue weighted by atomic mass is 10.1. The molecular weight excluding hydrogens is 201 g/mol. The van der Waals surface area contributed by atoms with Gasteiger partial charge in [-0.15, -0.1) is 0 Å². The van der Waals surface area contributed by atoms with Crippen LogP contribution in [0.2, 0.25) is 0 Å². The first-order chi connectivity index (χ1) is 7.74. The first-order valence-corrected chi connectivity index (χ1v) is 4.82. The largest absolute Gasteiger partial charge is 0.299 e. The minimum Gasteiger partial charge on any atom is -0.299 e. The molecule has 0 spiro atoms. The maximum atomic E-state index is 5.71. The fourth-order valence-electron chi connectivity index (χ4n) is 1.60. The molecule has 0 unspecified atom stereocenters. The molecule has 0 saturated heterocycles. The molecule has 3 aromatic heterocycles. The molecule has 0 N–H and O–H groups in total. The molecule has 3 aromatic rings. The van der Waals surface area contributed by atoms with Crippen LogP contribution in [0.15, 0.2) is 30.9 Å². The highest BCUT2D eigenvalue weighted by molar-refractivity contribution is 6.31. The summed E-state index contributed by atoms with van der Waals surface area (Å²) < 4.78 is 3.47. The third-order valence-corrected chi connectivity index (χ3v) is 2.41. The molecule has 76 valence electrons. The Balaban J connectivity index is 2.18. The van der Waals surface area contributed by atoms with E-state index in [-0.39, 0.29) is 0 Å². The highest BCUT2D eigenvalue weighted by Crippen LogP contribution is 2.15. The molecule has 0 amide bonds. The Morgan fingerprint density at radius 1 is 1.31 bits per heavy atom. The Hall–Kier alpha value is -2.11. The van der Waals surface area contributed by atoms with E-state index in [0.717, 1.165) is 11.3 Å². The molecule has 0 aromatic carbocycles. The van der Waals surface area contributed by atoms with Gasteiger partial charge >= 0.3 is 0 Å². The zero-order valence-electron chi connectivity index (χ0n) is 8.70. The predicted molar refractivity (Wildman–Crippen MR) is 60.6 cm³/mol. The molecular formula is C10H8BN5. The van der Waals surface area contributed by atoms with Gasteiger partial charge in [0.25, 0.3) is 0 Å². The van der Waals surface area contributed by atoms with Gasteiger partial charge in [-0.2, -0.15) is 5.10 Å². The molecule has 2 radical (unpaired) electrons. The first kappa shape index (κ1) is 9.14. The summed E-state index contributed by atoms with van der Waals surface area (Å²) in [4.78, 5) is 8.51. The monoisotopic (exact) mass is 209 g/mol. The van der Waals surface area contributed by atoms with Gasteiger partial charge in [-0.05, 0) is 11.7 Å². The second-order valence-electron chi connectivity index (χ2n) is 3.57. The van der Waals surface area contributed by atoms with E-state index < -0.39 is 0 Å². The fraction of sp³-hybridized carbons (Fsp3) is 0.100. The van der Waals surface area contributed by atoms with Gasteiger partial charge in [0.1, 0.15) is 7.85 Å². The van der Waals surface area contributed by atoms with Crippen molar-refractivity contribution in [3.8, 4) is 11.3 Å². The van der Waals surface area contributed by atoms with Crippen molar-refractivity contribution in [3.05, 3.63) is 30.9 Å². The lowest BCUT2D eigenvalue weighted by Gasteiger charge is -1.98. The molecule has 0 aliphatic heterocycles. The fourth-order valence-corrected chi connectivity index (χ4v) is 1.60. The van der Waals surface area contributed by atoms with E-state index in [1.54, 1.807) is 21.5 Å². The molecule has 0 aliphatic rings. The number of fused-ring (bicyclic) bond motifs is 1. The number of nitrogens with zero attached hydrogens (tertiary/aromatic N) is 5. The third kappa shape index (κ3) is 1.30. The summed E-state index contributed by atoms with van der Waals surface area (Å²) >= 11 is 0. The zero-order chi connectivity index (χ0) is 11.1. The van der Waals surface area contributed by atoms with Gasteiger partial charge in [0, 0.05) is 31.2 Å². The highest BCUT2D eigenvalue weighted by atomic mass is 15.2. The summed E-state index contributed by atoms with van der Waals surface area (Å²) in [6.07, 6.45) is 7.12. The van der Waals surface area contributed by atoms with Crippen molar-refractivity contribution >= 4 is 19.2 Å². The molecule has 0 saturated carbocycles. The summed E-state index contributed by atoms with van der Waals surface area (Å²) in [6, 6.07) is 1.89. The lowest BCUT2D eigenvalue weighted by Crippen LogP contribution is -2.09. The van der Waals surface area contributed by atoms with Crippen molar-refractivity contribution in [1.82, 2.24) is 24.1 Å². The standard InChI is InChI=1S/C10H8BN5/c1-15-6-7(4-13-15)8-2-3-16-9(11)5-12-10(16)14-8/h2-6H,1H3. The molecule has 0 fully saturated rings. The van der Waals surface area contributed by atoms with E-state index in [9.17, 15) is 0 Å². The number of imidazole rings is 1. The number of aryl methyl sites for hydroxylation is 1. The summed E-state index contributed by atoms with van der Waals surface area (Å²) in [6.45, 7) is 0. The van der Waals surface area contributed by atoms with Crippen molar-refractivity contribution in [1.29, 1.82) is 0 Å². The van der Waals surface area contributed by atoms with Gasteiger partial charge in [0.05, 0.1) is 11.9 Å². The predicted octanol–water partition coefficient (Wildman–Crippen LogP) is -0.0764. The SMILES string of the molecule is [B]c1cnc2nc(-c3cnn(C)c3)ccn12. The number of hydrogen-bond acceptors (Lipinski definition) is 3. The maximum Gasteiger partial charge on any atom is 0.233 e. The van der Waals surface area contributed by atoms with Crippen LogP contribution in [-0.4, -0.2) is 32.0 Å². The number of rotatable bonds is 1. The van der Waals surface area contributed by atoms with Crippen molar-refractivity contribution in [2.45, 2.75) is 0 Å². The first-order valence-electron chi connectivity index (χ1n) is 4.82. The third-order valence-electron chi connectivity index (χ3n) is 2.41. The molecule has 5 nitrogen and oxygen atoms in total. The summed E-state index contributed by atoms with van der Waals surface area (Å²) in [7, 11) is 7.58. The maximum absolute atomic E-state index is 5.71. The molecule has 0 aliphatic carbocycles. The van der Waals surface area contributed by atoms with Gasteiger partial charge < -0.3 is 0 Å². The van der Waals surface area contributed by atoms with Crippen LogP contribution in [0, 0.1) is 0 Å². The second kappa shape index (κ2) is 3.20. The van der Waals surface area contributed by atoms with Crippen molar-refractivity contribution in [3.63, 3.8) is 0 Å². The second-order valence-corrected chi connectivity index (χ2v) is 3.57. The van der Waals surface area contributed by atoms with Gasteiger partial charge in [-0.25, -0.2) is 9.97 Å². The molecule has 3 rings (SSSR count). The topological polar surface area (TPSA) is 48.0 Å². The van der Waals surface area contributed by atoms with E-state index >= 15 is 0 Å². The molecule has 0 bridgehead atoms. The summed E-state index contributed by atoms with van der Waals surface area (Å²) in [5, 5.41) is 4.10. The van der Waals surface area contributed by atoms with Gasteiger partial charge in [-0.3, -0.25) is 9.08 Å². The van der Waals surface area contributed by atoms with Crippen molar-refractivity contribution in [2.24, 2.45) is 7.05 Å². The Bertz CT molecular complexity index is 654. The molecule has 0 atom stereocenters. The normalized spacial score (nSPS) is 11.1. The smallest absolute Gasteiger partial charge is 0.233 e. The zero-order valence-corrected chi connectivity index (χ0v) is 8.70. The van der Waals surface area contributed by atoms with E-state index in [1.807, 2.05) is 25.5 Å². The van der Waals surface area contributed by atoms with Gasteiger partial charge in [0.2, 0.25) is 5.78 Å². The highest BCUT2D eigenvalue weighted by Gasteiger charge is 2.05. The molecule has 16 heavy (non-hydrogen) atoms. The van der Waals surface area contributed by atoms with Crippen LogP contribution in [0.1, 0.15) is 0 Å². The van der Waals surface area contributed by atoms with Crippen LogP contribution in [0.3, 0.4) is 0 Å². The van der Waals surface area contributed by atoms with Crippen molar-refractivity contribution < 1.29 is 0 Å². The average molecular weight is 209 g/mol. The van der Waals surface area contributed by atoms with Crippen LogP contribution < -0.4 is 5.59 Å². The van der Waals surface area contributed by atoms with Crippen LogP contribution in [0.4, 0.5) is 0 Å². The minimum atomic E-state index is 0.584. The Morgan fingerprint density at radius 3 is 2.94 bits per heavy atom. The number of hydrogen-bond donors (Lipinski definition) is 0. The van der Waals surface area contributed by atoms with E-state index in [0.29, 0.717) is 11.4 Å². The van der Waals surface area contributed by atoms with E-state index in [4.69, 9.17) is 7.85 Å². The Kier molecular flexibility index (Phi) is 1.83. The average Bonchev–Trinajstić information content (AvgIpc) is 2.86. The van der Waals surface area contributed by atoms with Crippen LogP contribution in [0.25, 0.3) is 17.0 Å². The number of aromatic nitrogens is 5. The van der Waals surface area contributed by atoms with Gasteiger partial charge in [0.15, 0.2) is 0 Å². The molecule has 6 heteroatoms. The van der Waals surface area contributed by atoms with Crippen molar-refractivity contribution in [2.75, 3.05) is 0 Å². The van der Waals surface area contributed by atoms with Gasteiger partial charge in [-0.1, -0.05) is 0 Å². The minimum absolute atomic E-state index is 0.584. The van der Waals surface area contributed by atoms with E-state index in [2.05, 4.69) is 15.1 Å². The lowest BCUT2D eigenvalue weighted by molar-refractivity contribution is 0.768. The quantitative estimate of drug-likeness (QED) is 0.527. The Labute approximate surface area is 93.2 Å². The summed E-state index contributed by atoms with van der Waals surface area (Å²) in [5.74, 6) is 0.596. The van der Waals surface area contributed by atoms with E-state index in [1.165, 1.54) is 0 Å². The van der Waals surface area contributed by atoms with Crippen LogP contribution >= 0.6 is 0 Å². The summed E-state index contributed by atoms with van der Waals surface area (Å²) in [5.41, 5.74) is 2.39. The van der Waals surface area contributed by atoms with Crippen LogP contribution in [0.5, 0.6) is 0 Å². The molecule has 3 heterocycles. The Morgan fingerprint density at radius 2 is 2.19 bits per heavy atom.